The first-order valence-electron chi connectivity index (χ1n) is 11.5. The van der Waals surface area contributed by atoms with Crippen LogP contribution in [0.4, 0.5) is 32.3 Å². The van der Waals surface area contributed by atoms with E-state index < -0.39 is 24.3 Å². The van der Waals surface area contributed by atoms with Crippen LogP contribution in [-0.2, 0) is 25.7 Å². The number of ether oxygens (including phenoxy) is 2. The van der Waals surface area contributed by atoms with Gasteiger partial charge < -0.3 is 24.6 Å². The Morgan fingerprint density at radius 1 is 0.974 bits per heavy atom. The van der Waals surface area contributed by atoms with Gasteiger partial charge in [0.25, 0.3) is 0 Å². The van der Waals surface area contributed by atoms with Gasteiger partial charge in [-0.2, -0.15) is 26.3 Å². The molecule has 2 saturated heterocycles. The lowest BCUT2D eigenvalue weighted by atomic mass is 9.79. The number of carboxylic acid groups (broad SMARTS) is 2. The van der Waals surface area contributed by atoms with Crippen LogP contribution in [0.5, 0.6) is 0 Å². The number of carbonyl (C=O) groups is 2. The second-order valence-corrected chi connectivity index (χ2v) is 8.56. The van der Waals surface area contributed by atoms with E-state index in [9.17, 15) is 26.3 Å². The number of hydrogen-bond donors (Lipinski definition) is 2. The van der Waals surface area contributed by atoms with E-state index >= 15 is 0 Å². The van der Waals surface area contributed by atoms with E-state index in [0.29, 0.717) is 12.5 Å². The summed E-state index contributed by atoms with van der Waals surface area (Å²) in [7, 11) is 0. The van der Waals surface area contributed by atoms with Gasteiger partial charge in [0, 0.05) is 31.8 Å². The highest BCUT2D eigenvalue weighted by Gasteiger charge is 2.48. The minimum absolute atomic E-state index is 0.0108. The van der Waals surface area contributed by atoms with Crippen molar-refractivity contribution >= 4 is 17.9 Å². The number of nitrogens with zero attached hydrogens (tertiary/aromatic N) is 4. The standard InChI is InChI=1S/C19H24N4O2.2C2HF3O2/c1-2-7-20-17(4-1)13-24-10-5-16-6-11-25-19(12-16)14-23(15-19)18-21-8-3-9-22-18;2*3-2(4,5)1(6)7/h1-4,7-9,16H,5-6,10-15H2;2*(H,6,7). The van der Waals surface area contributed by atoms with Crippen LogP contribution >= 0.6 is 0 Å². The molecule has 2 N–H and O–H groups in total. The van der Waals surface area contributed by atoms with Gasteiger partial charge in [-0.1, -0.05) is 6.07 Å². The Balaban J connectivity index is 0.000000317. The third-order valence-electron chi connectivity index (χ3n) is 5.52. The number of hydrogen-bond acceptors (Lipinski definition) is 8. The Bertz CT molecular complexity index is 1010. The highest BCUT2D eigenvalue weighted by atomic mass is 19.4. The van der Waals surface area contributed by atoms with Gasteiger partial charge in [-0.25, -0.2) is 19.6 Å². The summed E-state index contributed by atoms with van der Waals surface area (Å²) in [6, 6.07) is 7.76. The molecule has 1 unspecified atom stereocenters. The van der Waals surface area contributed by atoms with Crippen molar-refractivity contribution in [2.45, 2.75) is 43.8 Å². The quantitative estimate of drug-likeness (QED) is 0.392. The minimum atomic E-state index is -5.08. The van der Waals surface area contributed by atoms with Crippen molar-refractivity contribution in [3.63, 3.8) is 0 Å². The maximum atomic E-state index is 10.6. The molecule has 216 valence electrons. The van der Waals surface area contributed by atoms with E-state index in [2.05, 4.69) is 19.9 Å². The Labute approximate surface area is 218 Å². The summed E-state index contributed by atoms with van der Waals surface area (Å²) >= 11 is 0. The predicted molar refractivity (Wildman–Crippen MR) is 122 cm³/mol. The van der Waals surface area contributed by atoms with Gasteiger partial charge in [0.1, 0.15) is 5.60 Å². The fourth-order valence-corrected chi connectivity index (χ4v) is 3.75. The fraction of sp³-hybridized carbons (Fsp3) is 0.522. The van der Waals surface area contributed by atoms with Gasteiger partial charge in [-0.05, 0) is 43.4 Å². The van der Waals surface area contributed by atoms with Crippen molar-refractivity contribution < 1.29 is 55.6 Å². The molecule has 0 bridgehead atoms. The summed E-state index contributed by atoms with van der Waals surface area (Å²) in [6.07, 6.45) is -1.48. The van der Waals surface area contributed by atoms with E-state index in [1.807, 2.05) is 24.3 Å². The van der Waals surface area contributed by atoms with Gasteiger partial charge in [0.15, 0.2) is 0 Å². The number of alkyl halides is 6. The second-order valence-electron chi connectivity index (χ2n) is 8.56. The first-order chi connectivity index (χ1) is 18.2. The molecule has 2 aromatic heterocycles. The number of anilines is 1. The van der Waals surface area contributed by atoms with Crippen molar-refractivity contribution in [1.82, 2.24) is 15.0 Å². The van der Waals surface area contributed by atoms with E-state index in [1.54, 1.807) is 18.6 Å². The smallest absolute Gasteiger partial charge is 0.475 e. The van der Waals surface area contributed by atoms with Crippen LogP contribution < -0.4 is 4.90 Å². The fourth-order valence-electron chi connectivity index (χ4n) is 3.75. The predicted octanol–water partition coefficient (Wildman–Crippen LogP) is 3.73. The summed E-state index contributed by atoms with van der Waals surface area (Å²) in [5, 5.41) is 14.2. The average Bonchev–Trinajstić information content (AvgIpc) is 2.86. The molecule has 1 atom stereocenters. The molecule has 2 fully saturated rings. The van der Waals surface area contributed by atoms with E-state index in [-0.39, 0.29) is 5.60 Å². The molecule has 4 heterocycles. The molecule has 2 aliphatic heterocycles. The zero-order valence-corrected chi connectivity index (χ0v) is 20.4. The Morgan fingerprint density at radius 3 is 2.05 bits per heavy atom. The van der Waals surface area contributed by atoms with E-state index in [4.69, 9.17) is 29.3 Å². The maximum absolute atomic E-state index is 10.6. The molecule has 0 aliphatic carbocycles. The van der Waals surface area contributed by atoms with Gasteiger partial charge in [-0.15, -0.1) is 0 Å². The second kappa shape index (κ2) is 14.0. The first-order valence-corrected chi connectivity index (χ1v) is 11.5. The zero-order valence-electron chi connectivity index (χ0n) is 20.4. The highest BCUT2D eigenvalue weighted by molar-refractivity contribution is 5.73. The van der Waals surface area contributed by atoms with Crippen LogP contribution in [0, 0.1) is 5.92 Å². The topological polar surface area (TPSA) is 135 Å². The van der Waals surface area contributed by atoms with Gasteiger partial charge >= 0.3 is 24.3 Å². The third kappa shape index (κ3) is 11.0. The SMILES string of the molecule is O=C(O)C(F)(F)F.O=C(O)C(F)(F)F.c1ccc(COCCC2CCOC3(C2)CN(c2ncccn2)C3)nc1. The van der Waals surface area contributed by atoms with Crippen molar-refractivity contribution in [2.75, 3.05) is 31.2 Å². The van der Waals surface area contributed by atoms with Crippen molar-refractivity contribution in [2.24, 2.45) is 5.92 Å². The molecular weight excluding hydrogens is 542 g/mol. The van der Waals surface area contributed by atoms with E-state index in [1.165, 1.54) is 0 Å². The van der Waals surface area contributed by atoms with E-state index in [0.717, 1.165) is 57.2 Å². The monoisotopic (exact) mass is 568 g/mol. The third-order valence-corrected chi connectivity index (χ3v) is 5.52. The van der Waals surface area contributed by atoms with Crippen LogP contribution in [0.2, 0.25) is 0 Å². The van der Waals surface area contributed by atoms with Crippen molar-refractivity contribution in [1.29, 1.82) is 0 Å². The zero-order chi connectivity index (χ0) is 29.1. The number of pyridine rings is 1. The molecule has 2 aliphatic rings. The lowest BCUT2D eigenvalue weighted by Crippen LogP contribution is -2.65. The Kier molecular flexibility index (Phi) is 11.4. The van der Waals surface area contributed by atoms with Crippen LogP contribution in [-0.4, -0.2) is 81.4 Å². The lowest BCUT2D eigenvalue weighted by Gasteiger charge is -2.53. The number of halogens is 6. The lowest BCUT2D eigenvalue weighted by molar-refractivity contribution is -0.193. The largest absolute Gasteiger partial charge is 0.490 e. The number of carboxylic acids is 2. The van der Waals surface area contributed by atoms with Crippen molar-refractivity contribution in [3.05, 3.63) is 48.5 Å². The number of aliphatic carboxylic acids is 2. The van der Waals surface area contributed by atoms with Gasteiger partial charge in [0.2, 0.25) is 5.95 Å². The minimum Gasteiger partial charge on any atom is -0.475 e. The average molecular weight is 568 g/mol. The molecular formula is C23H26F6N4O6. The van der Waals surface area contributed by atoms with Crippen LogP contribution in [0.1, 0.15) is 25.0 Å². The molecule has 0 radical (unpaired) electrons. The molecule has 0 saturated carbocycles. The summed E-state index contributed by atoms with van der Waals surface area (Å²) in [5.41, 5.74) is 0.978. The maximum Gasteiger partial charge on any atom is 0.490 e. The molecule has 4 rings (SSSR count). The van der Waals surface area contributed by atoms with Gasteiger partial charge in [-0.3, -0.25) is 4.98 Å². The molecule has 2 aromatic rings. The Morgan fingerprint density at radius 2 is 1.54 bits per heavy atom. The molecule has 10 nitrogen and oxygen atoms in total. The summed E-state index contributed by atoms with van der Waals surface area (Å²) < 4.78 is 75.4. The highest BCUT2D eigenvalue weighted by Crippen LogP contribution is 2.39. The summed E-state index contributed by atoms with van der Waals surface area (Å²) in [6.45, 7) is 4.00. The molecule has 0 amide bonds. The number of aromatic nitrogens is 3. The number of rotatable bonds is 6. The molecule has 0 aromatic carbocycles. The van der Waals surface area contributed by atoms with Crippen LogP contribution in [0.25, 0.3) is 0 Å². The van der Waals surface area contributed by atoms with Crippen LogP contribution in [0.3, 0.4) is 0 Å². The van der Waals surface area contributed by atoms with Crippen LogP contribution in [0.15, 0.2) is 42.9 Å². The molecule has 1 spiro atoms. The first kappa shape index (κ1) is 31.7. The molecule has 16 heteroatoms. The van der Waals surface area contributed by atoms with Gasteiger partial charge in [0.05, 0.1) is 25.4 Å². The van der Waals surface area contributed by atoms with Crippen molar-refractivity contribution in [3.8, 4) is 0 Å². The summed E-state index contributed by atoms with van der Waals surface area (Å²) in [4.78, 5) is 32.9. The molecule has 39 heavy (non-hydrogen) atoms. The Hall–Kier alpha value is -3.53. The summed E-state index contributed by atoms with van der Waals surface area (Å²) in [5.74, 6) is -4.05. The normalized spacial score (nSPS) is 18.1.